The molecule has 1 heterocycles. The van der Waals surface area contributed by atoms with Gasteiger partial charge in [-0.15, -0.1) is 0 Å². The number of para-hydroxylation sites is 2. The number of hydrogen-bond acceptors (Lipinski definition) is 1. The van der Waals surface area contributed by atoms with Crippen molar-refractivity contribution in [2.75, 3.05) is 4.90 Å². The molecule has 0 saturated heterocycles. The SMILES string of the molecule is c1ccc(-c2cccc3cccc(-c4cccc(N(c5ccc(-c6ccc(-n7c8ccccc8c8ccccc87)cc6)cc5)c5ccc(-c6ccc7ccccc7c6)cc5)c4)c23)cc1. The van der Waals surface area contributed by atoms with Gasteiger partial charge in [0.2, 0.25) is 0 Å². The molecular formula is C62H42N2. The first-order chi connectivity index (χ1) is 31.7. The van der Waals surface area contributed by atoms with Crippen LogP contribution in [0.25, 0.3) is 93.5 Å². The van der Waals surface area contributed by atoms with Crippen molar-refractivity contribution >= 4 is 60.4 Å². The molecule has 64 heavy (non-hydrogen) atoms. The van der Waals surface area contributed by atoms with E-state index in [0.717, 1.165) is 22.7 Å². The fraction of sp³-hybridized carbons (Fsp3) is 0. The number of fused-ring (bicyclic) bond motifs is 5. The highest BCUT2D eigenvalue weighted by molar-refractivity contribution is 6.09. The monoisotopic (exact) mass is 814 g/mol. The Bertz CT molecular complexity index is 3580. The molecule has 0 aliphatic heterocycles. The minimum Gasteiger partial charge on any atom is -0.310 e. The van der Waals surface area contributed by atoms with Crippen LogP contribution in [-0.4, -0.2) is 4.57 Å². The molecule has 12 aromatic rings. The first-order valence-electron chi connectivity index (χ1n) is 22.0. The number of hydrogen-bond donors (Lipinski definition) is 0. The lowest BCUT2D eigenvalue weighted by atomic mass is 9.91. The van der Waals surface area contributed by atoms with Crippen LogP contribution in [0.2, 0.25) is 0 Å². The molecule has 0 amide bonds. The third-order valence-corrected chi connectivity index (χ3v) is 12.8. The van der Waals surface area contributed by atoms with E-state index >= 15 is 0 Å². The van der Waals surface area contributed by atoms with Crippen LogP contribution >= 0.6 is 0 Å². The highest BCUT2D eigenvalue weighted by Gasteiger charge is 2.17. The van der Waals surface area contributed by atoms with E-state index in [4.69, 9.17) is 0 Å². The molecule has 0 fully saturated rings. The second kappa shape index (κ2) is 15.8. The fourth-order valence-corrected chi connectivity index (χ4v) is 9.68. The van der Waals surface area contributed by atoms with Gasteiger partial charge in [-0.3, -0.25) is 0 Å². The maximum Gasteiger partial charge on any atom is 0.0541 e. The van der Waals surface area contributed by atoms with Crippen LogP contribution in [0.4, 0.5) is 17.1 Å². The zero-order valence-electron chi connectivity index (χ0n) is 35.1. The van der Waals surface area contributed by atoms with Crippen molar-refractivity contribution in [2.24, 2.45) is 0 Å². The van der Waals surface area contributed by atoms with E-state index in [9.17, 15) is 0 Å². The Morgan fingerprint density at radius 2 is 0.750 bits per heavy atom. The molecule has 0 aliphatic carbocycles. The number of anilines is 3. The van der Waals surface area contributed by atoms with Crippen LogP contribution in [-0.2, 0) is 0 Å². The van der Waals surface area contributed by atoms with E-state index in [-0.39, 0.29) is 0 Å². The summed E-state index contributed by atoms with van der Waals surface area (Å²) in [6, 6.07) is 92.6. The second-order valence-electron chi connectivity index (χ2n) is 16.5. The van der Waals surface area contributed by atoms with Crippen LogP contribution in [0.1, 0.15) is 0 Å². The summed E-state index contributed by atoms with van der Waals surface area (Å²) in [5.74, 6) is 0. The average Bonchev–Trinajstić information content (AvgIpc) is 3.71. The molecule has 0 unspecified atom stereocenters. The van der Waals surface area contributed by atoms with Crippen molar-refractivity contribution < 1.29 is 0 Å². The van der Waals surface area contributed by atoms with Gasteiger partial charge in [0.25, 0.3) is 0 Å². The average molecular weight is 815 g/mol. The maximum atomic E-state index is 2.38. The molecule has 1 aromatic heterocycles. The van der Waals surface area contributed by atoms with E-state index in [1.54, 1.807) is 0 Å². The predicted octanol–water partition coefficient (Wildman–Crippen LogP) is 17.2. The highest BCUT2D eigenvalue weighted by atomic mass is 15.1. The van der Waals surface area contributed by atoms with E-state index in [0.29, 0.717) is 0 Å². The first-order valence-corrected chi connectivity index (χ1v) is 22.0. The fourth-order valence-electron chi connectivity index (χ4n) is 9.68. The quantitative estimate of drug-likeness (QED) is 0.148. The van der Waals surface area contributed by atoms with Crippen LogP contribution in [0.15, 0.2) is 255 Å². The van der Waals surface area contributed by atoms with E-state index < -0.39 is 0 Å². The lowest BCUT2D eigenvalue weighted by Crippen LogP contribution is -2.10. The summed E-state index contributed by atoms with van der Waals surface area (Å²) >= 11 is 0. The van der Waals surface area contributed by atoms with E-state index in [2.05, 4.69) is 264 Å². The third kappa shape index (κ3) is 6.61. The molecule has 0 atom stereocenters. The summed E-state index contributed by atoms with van der Waals surface area (Å²) in [6.07, 6.45) is 0. The van der Waals surface area contributed by atoms with Crippen LogP contribution in [0.3, 0.4) is 0 Å². The van der Waals surface area contributed by atoms with Gasteiger partial charge in [0.1, 0.15) is 0 Å². The van der Waals surface area contributed by atoms with Crippen molar-refractivity contribution in [3.8, 4) is 50.2 Å². The maximum absolute atomic E-state index is 2.38. The molecule has 0 radical (unpaired) electrons. The summed E-state index contributed by atoms with van der Waals surface area (Å²) in [5, 5.41) is 7.51. The molecule has 2 nitrogen and oxygen atoms in total. The normalized spacial score (nSPS) is 11.4. The molecule has 0 bridgehead atoms. The Morgan fingerprint density at radius 3 is 1.41 bits per heavy atom. The highest BCUT2D eigenvalue weighted by Crippen LogP contribution is 2.42. The standard InChI is InChI=1S/C62H42N2/c1-2-14-47(15-3-1)56-23-11-17-48-18-12-24-57(62(48)56)51-19-10-20-55(42-51)63(53-37-33-46(34-38-53)50-28-27-43-13-4-5-16-49(43)41-50)52-35-29-44(30-36-52)45-31-39-54(40-32-45)64-60-25-8-6-21-58(60)59-22-7-9-26-61(59)64/h1-42H. The number of nitrogens with zero attached hydrogens (tertiary/aromatic N) is 2. The van der Waals surface area contributed by atoms with E-state index in [1.807, 2.05) is 0 Å². The molecule has 11 aromatic carbocycles. The summed E-state index contributed by atoms with van der Waals surface area (Å²) in [5.41, 5.74) is 16.4. The Hall–Kier alpha value is -8.46. The molecule has 2 heteroatoms. The van der Waals surface area contributed by atoms with Gasteiger partial charge in [-0.05, 0) is 133 Å². The van der Waals surface area contributed by atoms with Gasteiger partial charge >= 0.3 is 0 Å². The summed E-state index contributed by atoms with van der Waals surface area (Å²) in [7, 11) is 0. The Morgan fingerprint density at radius 1 is 0.266 bits per heavy atom. The largest absolute Gasteiger partial charge is 0.310 e. The molecule has 0 aliphatic rings. The van der Waals surface area contributed by atoms with Gasteiger partial charge in [-0.1, -0.05) is 188 Å². The summed E-state index contributed by atoms with van der Waals surface area (Å²) in [6.45, 7) is 0. The third-order valence-electron chi connectivity index (χ3n) is 12.8. The van der Waals surface area contributed by atoms with Gasteiger partial charge in [-0.2, -0.15) is 0 Å². The summed E-state index contributed by atoms with van der Waals surface area (Å²) < 4.78 is 2.37. The summed E-state index contributed by atoms with van der Waals surface area (Å²) in [4.78, 5) is 2.38. The van der Waals surface area contributed by atoms with Crippen LogP contribution in [0, 0.1) is 0 Å². The molecule has 12 rings (SSSR count). The van der Waals surface area contributed by atoms with Gasteiger partial charge < -0.3 is 9.47 Å². The zero-order valence-corrected chi connectivity index (χ0v) is 35.1. The smallest absolute Gasteiger partial charge is 0.0541 e. The number of aromatic nitrogens is 1. The second-order valence-corrected chi connectivity index (χ2v) is 16.5. The first kappa shape index (κ1) is 37.3. The lowest BCUT2D eigenvalue weighted by Gasteiger charge is -2.26. The lowest BCUT2D eigenvalue weighted by molar-refractivity contribution is 1.18. The van der Waals surface area contributed by atoms with Crippen molar-refractivity contribution in [2.45, 2.75) is 0 Å². The Labute approximate surface area is 373 Å². The van der Waals surface area contributed by atoms with Crippen molar-refractivity contribution in [3.63, 3.8) is 0 Å². The molecular weight excluding hydrogens is 773 g/mol. The van der Waals surface area contributed by atoms with Gasteiger partial charge in [0.15, 0.2) is 0 Å². The minimum atomic E-state index is 1.09. The minimum absolute atomic E-state index is 1.09. The Kier molecular flexibility index (Phi) is 9.20. The molecule has 0 N–H and O–H groups in total. The molecule has 300 valence electrons. The van der Waals surface area contributed by atoms with Crippen molar-refractivity contribution in [1.82, 2.24) is 4.57 Å². The number of benzene rings is 11. The molecule has 0 saturated carbocycles. The van der Waals surface area contributed by atoms with Gasteiger partial charge in [-0.25, -0.2) is 0 Å². The molecule has 0 spiro atoms. The van der Waals surface area contributed by atoms with Crippen molar-refractivity contribution in [1.29, 1.82) is 0 Å². The van der Waals surface area contributed by atoms with Crippen molar-refractivity contribution in [3.05, 3.63) is 255 Å². The topological polar surface area (TPSA) is 8.17 Å². The number of rotatable bonds is 8. The van der Waals surface area contributed by atoms with Gasteiger partial charge in [0, 0.05) is 33.5 Å². The van der Waals surface area contributed by atoms with E-state index in [1.165, 1.54) is 87.9 Å². The van der Waals surface area contributed by atoms with Crippen LogP contribution in [0.5, 0.6) is 0 Å². The van der Waals surface area contributed by atoms with Gasteiger partial charge in [0.05, 0.1) is 11.0 Å². The van der Waals surface area contributed by atoms with Crippen LogP contribution < -0.4 is 4.90 Å². The zero-order chi connectivity index (χ0) is 42.4. The Balaban J connectivity index is 0.936. The predicted molar refractivity (Wildman–Crippen MR) is 272 cm³/mol.